The highest BCUT2D eigenvalue weighted by molar-refractivity contribution is 7.91. The van der Waals surface area contributed by atoms with Crippen molar-refractivity contribution in [2.24, 2.45) is 0 Å². The normalized spacial score (nSPS) is 19.6. The van der Waals surface area contributed by atoms with Gasteiger partial charge in [0.05, 0.1) is 22.0 Å². The number of benzene rings is 1. The summed E-state index contributed by atoms with van der Waals surface area (Å²) >= 11 is 0. The van der Waals surface area contributed by atoms with Gasteiger partial charge < -0.3 is 9.64 Å². The van der Waals surface area contributed by atoms with Gasteiger partial charge in [-0.25, -0.2) is 13.2 Å². The van der Waals surface area contributed by atoms with E-state index in [0.29, 0.717) is 12.0 Å². The molecule has 26 heavy (non-hydrogen) atoms. The number of likely N-dealkylation sites (N-methyl/N-ethyl adjacent to an activating group) is 1. The monoisotopic (exact) mass is 384 g/mol. The molecule has 10 heteroatoms. The van der Waals surface area contributed by atoms with Crippen molar-refractivity contribution >= 4 is 27.4 Å². The lowest BCUT2D eigenvalue weighted by Crippen LogP contribution is -2.44. The van der Waals surface area contributed by atoms with E-state index in [0.717, 1.165) is 6.07 Å². The first-order valence-electron chi connectivity index (χ1n) is 7.95. The van der Waals surface area contributed by atoms with Gasteiger partial charge in [-0.2, -0.15) is 0 Å². The number of hydrogen-bond donors (Lipinski definition) is 0. The molecular formula is C16H20N2O7S. The first-order valence-corrected chi connectivity index (χ1v) is 9.77. The van der Waals surface area contributed by atoms with Gasteiger partial charge in [0.1, 0.15) is 0 Å². The number of nitro benzene ring substituents is 1. The molecule has 0 aliphatic carbocycles. The molecule has 0 N–H and O–H groups in total. The molecule has 0 bridgehead atoms. The van der Waals surface area contributed by atoms with Crippen molar-refractivity contribution in [2.45, 2.75) is 32.4 Å². The molecule has 1 aliphatic rings. The second-order valence-corrected chi connectivity index (χ2v) is 8.54. The van der Waals surface area contributed by atoms with Gasteiger partial charge in [0, 0.05) is 24.7 Å². The minimum atomic E-state index is -3.15. The Kier molecular flexibility index (Phi) is 5.65. The summed E-state index contributed by atoms with van der Waals surface area (Å²) in [6.45, 7) is 2.92. The van der Waals surface area contributed by atoms with Crippen molar-refractivity contribution < 1.29 is 27.7 Å². The fourth-order valence-corrected chi connectivity index (χ4v) is 4.53. The van der Waals surface area contributed by atoms with Crippen LogP contribution in [0.2, 0.25) is 0 Å². The molecule has 0 radical (unpaired) electrons. The van der Waals surface area contributed by atoms with Crippen LogP contribution in [0.5, 0.6) is 0 Å². The highest BCUT2D eigenvalue weighted by Crippen LogP contribution is 2.21. The van der Waals surface area contributed by atoms with Gasteiger partial charge in [-0.15, -0.1) is 0 Å². The topological polar surface area (TPSA) is 124 Å². The number of esters is 1. The minimum absolute atomic E-state index is 0.0243. The van der Waals surface area contributed by atoms with Crippen LogP contribution in [0.25, 0.3) is 0 Å². The number of nitrogens with zero attached hydrogens (tertiary/aromatic N) is 2. The predicted octanol–water partition coefficient (Wildman–Crippen LogP) is 1.09. The van der Waals surface area contributed by atoms with E-state index in [-0.39, 0.29) is 22.8 Å². The molecule has 1 heterocycles. The first-order chi connectivity index (χ1) is 12.0. The van der Waals surface area contributed by atoms with E-state index >= 15 is 0 Å². The van der Waals surface area contributed by atoms with E-state index in [1.54, 1.807) is 6.92 Å². The Hall–Kier alpha value is -2.49. The lowest BCUT2D eigenvalue weighted by Gasteiger charge is -2.26. The van der Waals surface area contributed by atoms with Crippen molar-refractivity contribution in [2.75, 3.05) is 18.6 Å². The van der Waals surface area contributed by atoms with Gasteiger partial charge >= 0.3 is 5.97 Å². The van der Waals surface area contributed by atoms with E-state index in [1.807, 2.05) is 0 Å². The molecule has 0 spiro atoms. The highest BCUT2D eigenvalue weighted by Gasteiger charge is 2.35. The summed E-state index contributed by atoms with van der Waals surface area (Å²) in [4.78, 5) is 36.2. The van der Waals surface area contributed by atoms with E-state index in [4.69, 9.17) is 4.74 Å². The number of amides is 1. The third kappa shape index (κ3) is 4.37. The maximum Gasteiger partial charge on any atom is 0.339 e. The van der Waals surface area contributed by atoms with Crippen LogP contribution >= 0.6 is 0 Å². The van der Waals surface area contributed by atoms with E-state index in [9.17, 15) is 28.1 Å². The lowest BCUT2D eigenvalue weighted by molar-refractivity contribution is -0.385. The largest absolute Gasteiger partial charge is 0.449 e. The van der Waals surface area contributed by atoms with Crippen LogP contribution in [-0.2, 0) is 19.4 Å². The molecule has 1 fully saturated rings. The van der Waals surface area contributed by atoms with Crippen LogP contribution < -0.4 is 0 Å². The summed E-state index contributed by atoms with van der Waals surface area (Å²) in [5, 5.41) is 11.0. The molecule has 1 amide bonds. The smallest absolute Gasteiger partial charge is 0.339 e. The fraction of sp³-hybridized carbons (Fsp3) is 0.500. The Morgan fingerprint density at radius 2 is 2.04 bits per heavy atom. The number of aryl methyl sites for hydroxylation is 1. The number of nitro groups is 1. The molecule has 0 saturated carbocycles. The van der Waals surface area contributed by atoms with Gasteiger partial charge in [0.15, 0.2) is 15.9 Å². The zero-order valence-electron chi connectivity index (χ0n) is 14.7. The van der Waals surface area contributed by atoms with Gasteiger partial charge in [-0.05, 0) is 26.3 Å². The zero-order chi connectivity index (χ0) is 19.6. The summed E-state index contributed by atoms with van der Waals surface area (Å²) < 4.78 is 28.2. The summed E-state index contributed by atoms with van der Waals surface area (Å²) in [6, 6.07) is 3.46. The Bertz CT molecular complexity index is 850. The number of rotatable bonds is 5. The van der Waals surface area contributed by atoms with Crippen LogP contribution in [0.3, 0.4) is 0 Å². The summed E-state index contributed by atoms with van der Waals surface area (Å²) in [7, 11) is -1.68. The minimum Gasteiger partial charge on any atom is -0.449 e. The second-order valence-electron chi connectivity index (χ2n) is 6.31. The summed E-state index contributed by atoms with van der Waals surface area (Å²) in [5.74, 6) is -1.47. The average Bonchev–Trinajstić information content (AvgIpc) is 2.93. The quantitative estimate of drug-likeness (QED) is 0.423. The first kappa shape index (κ1) is 19.8. The van der Waals surface area contributed by atoms with E-state index in [1.165, 1.54) is 31.0 Å². The molecule has 2 atom stereocenters. The molecule has 0 aromatic heterocycles. The fourth-order valence-electron chi connectivity index (χ4n) is 2.76. The van der Waals surface area contributed by atoms with Gasteiger partial charge in [0.2, 0.25) is 0 Å². The predicted molar refractivity (Wildman–Crippen MR) is 92.5 cm³/mol. The maximum atomic E-state index is 12.4. The van der Waals surface area contributed by atoms with Gasteiger partial charge in [-0.3, -0.25) is 14.9 Å². The summed E-state index contributed by atoms with van der Waals surface area (Å²) in [5.41, 5.74) is 0.151. The van der Waals surface area contributed by atoms with E-state index in [2.05, 4.69) is 0 Å². The van der Waals surface area contributed by atoms with Crippen molar-refractivity contribution in [3.05, 3.63) is 39.4 Å². The third-order valence-electron chi connectivity index (χ3n) is 4.38. The maximum absolute atomic E-state index is 12.4. The second kappa shape index (κ2) is 7.40. The number of sulfone groups is 1. The highest BCUT2D eigenvalue weighted by atomic mass is 32.2. The molecule has 142 valence electrons. The number of ether oxygens (including phenoxy) is 1. The van der Waals surface area contributed by atoms with Crippen molar-refractivity contribution in [3.63, 3.8) is 0 Å². The number of hydrogen-bond acceptors (Lipinski definition) is 7. The molecule has 9 nitrogen and oxygen atoms in total. The molecule has 1 saturated heterocycles. The van der Waals surface area contributed by atoms with Crippen molar-refractivity contribution in [3.8, 4) is 0 Å². The van der Waals surface area contributed by atoms with Crippen LogP contribution in [0.1, 0.15) is 29.3 Å². The molecule has 1 aliphatic heterocycles. The summed E-state index contributed by atoms with van der Waals surface area (Å²) in [6.07, 6.45) is -0.800. The van der Waals surface area contributed by atoms with Gasteiger partial charge in [0.25, 0.3) is 11.6 Å². The van der Waals surface area contributed by atoms with Crippen LogP contribution in [0, 0.1) is 17.0 Å². The van der Waals surface area contributed by atoms with Crippen LogP contribution in [0.4, 0.5) is 5.69 Å². The molecule has 1 aromatic rings. The lowest BCUT2D eigenvalue weighted by atomic mass is 10.1. The van der Waals surface area contributed by atoms with Gasteiger partial charge in [-0.1, -0.05) is 6.07 Å². The number of carbonyl (C=O) groups excluding carboxylic acids is 2. The third-order valence-corrected chi connectivity index (χ3v) is 6.13. The zero-order valence-corrected chi connectivity index (χ0v) is 15.5. The Labute approximate surface area is 151 Å². The Balaban J connectivity index is 2.05. The molecule has 1 aromatic carbocycles. The van der Waals surface area contributed by atoms with Crippen molar-refractivity contribution in [1.29, 1.82) is 0 Å². The molecule has 0 unspecified atom stereocenters. The standard InChI is InChI=1S/C16H20N2O7S/c1-10-4-5-12(8-14(10)18(21)22)16(20)25-11(2)15(19)17(3)13-6-7-26(23,24)9-13/h4-5,8,11,13H,6-7,9H2,1-3H3/t11-,13-/m0/s1. The van der Waals surface area contributed by atoms with Crippen LogP contribution in [-0.4, -0.2) is 60.8 Å². The van der Waals surface area contributed by atoms with Crippen molar-refractivity contribution in [1.82, 2.24) is 4.90 Å². The molecule has 2 rings (SSSR count). The molecular weight excluding hydrogens is 364 g/mol. The average molecular weight is 384 g/mol. The number of carbonyl (C=O) groups is 2. The van der Waals surface area contributed by atoms with E-state index < -0.39 is 38.8 Å². The SMILES string of the molecule is Cc1ccc(C(=O)O[C@@H](C)C(=O)N(C)[C@H]2CCS(=O)(=O)C2)cc1[N+](=O)[O-]. The Morgan fingerprint density at radius 1 is 1.38 bits per heavy atom. The van der Waals surface area contributed by atoms with Crippen LogP contribution in [0.15, 0.2) is 18.2 Å². The Morgan fingerprint density at radius 3 is 2.58 bits per heavy atom.